The number of piperidine rings is 1. The Labute approximate surface area is 185 Å². The molecule has 3 nitrogen and oxygen atoms in total. The van der Waals surface area contributed by atoms with Crippen molar-refractivity contribution in [2.75, 3.05) is 19.0 Å². The van der Waals surface area contributed by atoms with E-state index in [1.165, 1.54) is 24.8 Å². The van der Waals surface area contributed by atoms with E-state index in [9.17, 15) is 4.79 Å². The van der Waals surface area contributed by atoms with Crippen molar-refractivity contribution in [1.82, 2.24) is 4.90 Å². The SMILES string of the molecule is CC1(C)CN(C(=O)C23CC4CC5(CCl)CC(c6ccccc6)(C2)C5(C4)C3)CCC1N. The molecule has 6 atom stereocenters. The number of rotatable bonds is 3. The van der Waals surface area contributed by atoms with Crippen LogP contribution in [-0.4, -0.2) is 35.8 Å². The van der Waals surface area contributed by atoms with Crippen LogP contribution in [0.2, 0.25) is 0 Å². The van der Waals surface area contributed by atoms with Gasteiger partial charge in [0.05, 0.1) is 5.41 Å². The zero-order valence-corrected chi connectivity index (χ0v) is 19.2. The van der Waals surface area contributed by atoms with Crippen molar-refractivity contribution < 1.29 is 4.79 Å². The fourth-order valence-corrected chi connectivity index (χ4v) is 9.88. The summed E-state index contributed by atoms with van der Waals surface area (Å²) in [5.41, 5.74) is 8.27. The van der Waals surface area contributed by atoms with Crippen molar-refractivity contribution in [3.8, 4) is 0 Å². The number of carbonyl (C=O) groups excluding carboxylic acids is 1. The van der Waals surface area contributed by atoms with Gasteiger partial charge in [-0.25, -0.2) is 0 Å². The Balaban J connectivity index is 1.42. The Hall–Kier alpha value is -1.06. The van der Waals surface area contributed by atoms with Crippen LogP contribution in [0, 0.1) is 27.6 Å². The Kier molecular flexibility index (Phi) is 3.82. The lowest BCUT2D eigenvalue weighted by Crippen LogP contribution is -2.63. The minimum Gasteiger partial charge on any atom is -0.342 e. The molecule has 1 aromatic rings. The average molecular weight is 427 g/mol. The highest BCUT2D eigenvalue weighted by Gasteiger charge is 2.84. The minimum atomic E-state index is -0.194. The Morgan fingerprint density at radius 3 is 2.60 bits per heavy atom. The van der Waals surface area contributed by atoms with Gasteiger partial charge in [-0.3, -0.25) is 4.79 Å². The standard InChI is InChI=1S/C26H35ClN2O/c1-22(2)17-29(9-8-20(22)28)21(30)23-10-18-11-24(16-27)15-25(13-23,26(24,12-18)14-23)19-6-4-3-5-7-19/h3-7,18,20H,8-17,28H2,1-2H3. The van der Waals surface area contributed by atoms with Gasteiger partial charge in [-0.05, 0) is 72.7 Å². The van der Waals surface area contributed by atoms with Gasteiger partial charge in [0.25, 0.3) is 0 Å². The molecule has 4 heteroatoms. The molecule has 162 valence electrons. The zero-order chi connectivity index (χ0) is 21.0. The van der Waals surface area contributed by atoms with Crippen molar-refractivity contribution in [2.45, 2.75) is 70.3 Å². The van der Waals surface area contributed by atoms with Crippen molar-refractivity contribution >= 4 is 17.5 Å². The topological polar surface area (TPSA) is 46.3 Å². The first-order valence-electron chi connectivity index (χ1n) is 11.9. The van der Waals surface area contributed by atoms with Gasteiger partial charge >= 0.3 is 0 Å². The normalized spacial score (nSPS) is 47.8. The van der Waals surface area contributed by atoms with Gasteiger partial charge in [0, 0.05) is 30.4 Å². The Morgan fingerprint density at radius 2 is 1.90 bits per heavy atom. The summed E-state index contributed by atoms with van der Waals surface area (Å²) in [6.45, 7) is 6.06. The molecule has 4 saturated carbocycles. The van der Waals surface area contributed by atoms with Crippen LogP contribution in [0.4, 0.5) is 0 Å². The van der Waals surface area contributed by atoms with Gasteiger partial charge in [0.2, 0.25) is 5.91 Å². The molecule has 6 rings (SSSR count). The van der Waals surface area contributed by atoms with Crippen LogP contribution in [0.25, 0.3) is 0 Å². The molecule has 3 bridgehead atoms. The lowest BCUT2D eigenvalue weighted by atomic mass is 9.37. The maximum Gasteiger partial charge on any atom is 0.228 e. The summed E-state index contributed by atoms with van der Waals surface area (Å²) < 4.78 is 0. The third-order valence-electron chi connectivity index (χ3n) is 10.5. The number of amides is 1. The summed E-state index contributed by atoms with van der Waals surface area (Å²) in [4.78, 5) is 16.4. The van der Waals surface area contributed by atoms with Gasteiger partial charge in [-0.1, -0.05) is 44.2 Å². The fourth-order valence-electron chi connectivity index (χ4n) is 9.42. The highest BCUT2D eigenvalue weighted by atomic mass is 35.5. The van der Waals surface area contributed by atoms with E-state index in [1.807, 2.05) is 0 Å². The third-order valence-corrected chi connectivity index (χ3v) is 11.0. The molecule has 0 radical (unpaired) electrons. The summed E-state index contributed by atoms with van der Waals surface area (Å²) in [6, 6.07) is 11.3. The number of hydrogen-bond acceptors (Lipinski definition) is 2. The lowest BCUT2D eigenvalue weighted by Gasteiger charge is -2.66. The number of nitrogens with two attached hydrogens (primary N) is 1. The molecule has 2 N–H and O–H groups in total. The maximum atomic E-state index is 14.2. The van der Waals surface area contributed by atoms with Crippen LogP contribution >= 0.6 is 11.6 Å². The van der Waals surface area contributed by atoms with E-state index in [0.717, 1.165) is 44.7 Å². The summed E-state index contributed by atoms with van der Waals surface area (Å²) in [5.74, 6) is 1.85. The quantitative estimate of drug-likeness (QED) is 0.711. The molecule has 6 unspecified atom stereocenters. The second-order valence-corrected chi connectivity index (χ2v) is 12.6. The predicted octanol–water partition coefficient (Wildman–Crippen LogP) is 4.72. The summed E-state index contributed by atoms with van der Waals surface area (Å²) in [5, 5.41) is 0. The fraction of sp³-hybridized carbons (Fsp3) is 0.731. The van der Waals surface area contributed by atoms with Crippen molar-refractivity contribution in [3.63, 3.8) is 0 Å². The molecule has 5 aliphatic rings. The lowest BCUT2D eigenvalue weighted by molar-refractivity contribution is -0.148. The van der Waals surface area contributed by atoms with Crippen molar-refractivity contribution in [1.29, 1.82) is 0 Å². The number of nitrogens with zero attached hydrogens (tertiary/aromatic N) is 1. The second-order valence-electron chi connectivity index (χ2n) is 12.3. The van der Waals surface area contributed by atoms with Gasteiger partial charge in [0.1, 0.15) is 0 Å². The smallest absolute Gasteiger partial charge is 0.228 e. The van der Waals surface area contributed by atoms with Crippen molar-refractivity contribution in [3.05, 3.63) is 35.9 Å². The second kappa shape index (κ2) is 5.84. The molecule has 0 aromatic heterocycles. The van der Waals surface area contributed by atoms with E-state index in [4.69, 9.17) is 17.3 Å². The highest BCUT2D eigenvalue weighted by Crippen LogP contribution is 2.89. The molecule has 1 heterocycles. The Bertz CT molecular complexity index is 902. The van der Waals surface area contributed by atoms with E-state index in [0.29, 0.717) is 11.8 Å². The predicted molar refractivity (Wildman–Crippen MR) is 120 cm³/mol. The van der Waals surface area contributed by atoms with Crippen LogP contribution in [0.3, 0.4) is 0 Å². The first kappa shape index (κ1) is 19.6. The summed E-state index contributed by atoms with van der Waals surface area (Å²) in [6.07, 6.45) is 7.76. The molecule has 5 fully saturated rings. The van der Waals surface area contributed by atoms with E-state index < -0.39 is 0 Å². The van der Waals surface area contributed by atoms with Crippen LogP contribution in [0.1, 0.15) is 64.4 Å². The van der Waals surface area contributed by atoms with Gasteiger partial charge in [-0.15, -0.1) is 11.6 Å². The molecule has 1 amide bonds. The number of halogens is 1. The molecule has 1 saturated heterocycles. The molecule has 4 aliphatic carbocycles. The molecular formula is C26H35ClN2O. The van der Waals surface area contributed by atoms with Crippen LogP contribution in [0.15, 0.2) is 30.3 Å². The first-order chi connectivity index (χ1) is 14.2. The van der Waals surface area contributed by atoms with Crippen LogP contribution in [-0.2, 0) is 10.2 Å². The van der Waals surface area contributed by atoms with E-state index in [1.54, 1.807) is 0 Å². The van der Waals surface area contributed by atoms with Crippen LogP contribution in [0.5, 0.6) is 0 Å². The van der Waals surface area contributed by atoms with Gasteiger partial charge in [0.15, 0.2) is 0 Å². The number of fused-ring (bicyclic) bond motifs is 2. The first-order valence-corrected chi connectivity index (χ1v) is 12.4. The average Bonchev–Trinajstić information content (AvgIpc) is 3.02. The summed E-state index contributed by atoms with van der Waals surface area (Å²) >= 11 is 6.71. The maximum absolute atomic E-state index is 14.2. The number of alkyl halides is 1. The van der Waals surface area contributed by atoms with E-state index in [2.05, 4.69) is 49.1 Å². The number of carbonyl (C=O) groups is 1. The third kappa shape index (κ3) is 2.10. The molecular weight excluding hydrogens is 392 g/mol. The summed E-state index contributed by atoms with van der Waals surface area (Å²) in [7, 11) is 0. The largest absolute Gasteiger partial charge is 0.342 e. The minimum absolute atomic E-state index is 0.00884. The van der Waals surface area contributed by atoms with Crippen LogP contribution < -0.4 is 5.73 Å². The van der Waals surface area contributed by atoms with Gasteiger partial charge in [-0.2, -0.15) is 0 Å². The van der Waals surface area contributed by atoms with Gasteiger partial charge < -0.3 is 10.6 Å². The van der Waals surface area contributed by atoms with E-state index >= 15 is 0 Å². The highest BCUT2D eigenvalue weighted by molar-refractivity contribution is 6.18. The van der Waals surface area contributed by atoms with E-state index in [-0.39, 0.29) is 33.1 Å². The molecule has 30 heavy (non-hydrogen) atoms. The number of likely N-dealkylation sites (tertiary alicyclic amines) is 1. The zero-order valence-electron chi connectivity index (χ0n) is 18.4. The molecule has 1 aliphatic heterocycles. The Morgan fingerprint density at radius 1 is 1.13 bits per heavy atom. The monoisotopic (exact) mass is 426 g/mol. The number of hydrogen-bond donors (Lipinski definition) is 1. The van der Waals surface area contributed by atoms with Crippen molar-refractivity contribution in [2.24, 2.45) is 33.3 Å². The molecule has 1 aromatic carbocycles. The number of benzene rings is 1. The molecule has 1 spiro atoms.